The number of rotatable bonds is 5. The number of tetrazole rings is 1. The number of para-hydroxylation sites is 1. The molecule has 4 rings (SSSR count). The molecule has 8 nitrogen and oxygen atoms in total. The van der Waals surface area contributed by atoms with E-state index in [4.69, 9.17) is 16.3 Å². The van der Waals surface area contributed by atoms with Crippen molar-refractivity contribution in [1.29, 1.82) is 0 Å². The zero-order valence-electron chi connectivity index (χ0n) is 14.6. The zero-order valence-corrected chi connectivity index (χ0v) is 16.1. The SMILES string of the molecule is COc1ccc(-n2nnnc2Sc2cnn(-c3ccccc3)c(=O)c2Cl)cc1. The first-order valence-electron chi connectivity index (χ1n) is 8.11. The number of ether oxygens (including phenoxy) is 1. The van der Waals surface area contributed by atoms with E-state index in [1.807, 2.05) is 30.3 Å². The number of hydrogen-bond acceptors (Lipinski definition) is 7. The Balaban J connectivity index is 1.66. The second-order valence-electron chi connectivity index (χ2n) is 5.55. The van der Waals surface area contributed by atoms with Gasteiger partial charge in [0.1, 0.15) is 10.8 Å². The summed E-state index contributed by atoms with van der Waals surface area (Å²) >= 11 is 7.47. The molecule has 140 valence electrons. The van der Waals surface area contributed by atoms with Crippen LogP contribution in [0.2, 0.25) is 5.02 Å². The minimum atomic E-state index is -0.415. The number of benzene rings is 2. The molecule has 0 saturated heterocycles. The summed E-state index contributed by atoms with van der Waals surface area (Å²) in [4.78, 5) is 13.1. The largest absolute Gasteiger partial charge is 0.497 e. The molecule has 0 aliphatic rings. The molecule has 0 unspecified atom stereocenters. The van der Waals surface area contributed by atoms with Crippen LogP contribution in [0, 0.1) is 0 Å². The van der Waals surface area contributed by atoms with Crippen molar-refractivity contribution in [3.8, 4) is 17.1 Å². The van der Waals surface area contributed by atoms with Gasteiger partial charge in [-0.15, -0.1) is 5.10 Å². The van der Waals surface area contributed by atoms with Crippen LogP contribution < -0.4 is 10.3 Å². The van der Waals surface area contributed by atoms with Gasteiger partial charge in [-0.3, -0.25) is 4.79 Å². The smallest absolute Gasteiger partial charge is 0.291 e. The summed E-state index contributed by atoms with van der Waals surface area (Å²) < 4.78 is 7.95. The molecule has 2 heterocycles. The third-order valence-electron chi connectivity index (χ3n) is 3.85. The lowest BCUT2D eigenvalue weighted by molar-refractivity contribution is 0.414. The summed E-state index contributed by atoms with van der Waals surface area (Å²) in [5.41, 5.74) is 0.963. The number of aromatic nitrogens is 6. The standard InChI is InChI=1S/C18H13ClN6O2S/c1-27-14-9-7-13(8-10-14)25-18(21-22-23-25)28-15-11-20-24(17(26)16(15)19)12-5-3-2-4-6-12/h2-11H,1H3. The lowest BCUT2D eigenvalue weighted by Gasteiger charge is -2.08. The van der Waals surface area contributed by atoms with Gasteiger partial charge in [0.15, 0.2) is 0 Å². The Labute approximate surface area is 168 Å². The van der Waals surface area contributed by atoms with Crippen LogP contribution in [0.5, 0.6) is 5.75 Å². The van der Waals surface area contributed by atoms with Crippen molar-refractivity contribution < 1.29 is 4.74 Å². The maximum Gasteiger partial charge on any atom is 0.291 e. The Morgan fingerprint density at radius 3 is 2.43 bits per heavy atom. The normalized spacial score (nSPS) is 10.8. The van der Waals surface area contributed by atoms with Gasteiger partial charge in [-0.1, -0.05) is 29.8 Å². The fraction of sp³-hybridized carbons (Fsp3) is 0.0556. The molecule has 0 aliphatic carbocycles. The van der Waals surface area contributed by atoms with E-state index in [0.29, 0.717) is 15.7 Å². The highest BCUT2D eigenvalue weighted by Gasteiger charge is 2.16. The molecule has 0 atom stereocenters. The molecule has 0 aliphatic heterocycles. The third kappa shape index (κ3) is 3.49. The lowest BCUT2D eigenvalue weighted by Crippen LogP contribution is -2.21. The van der Waals surface area contributed by atoms with E-state index < -0.39 is 5.56 Å². The average molecular weight is 413 g/mol. The predicted octanol–water partition coefficient (Wildman–Crippen LogP) is 3.02. The number of halogens is 1. The van der Waals surface area contributed by atoms with E-state index in [1.165, 1.54) is 10.9 Å². The lowest BCUT2D eigenvalue weighted by atomic mass is 10.3. The minimum absolute atomic E-state index is 0.0492. The summed E-state index contributed by atoms with van der Waals surface area (Å²) in [5, 5.41) is 16.5. The molecule has 2 aromatic carbocycles. The van der Waals surface area contributed by atoms with E-state index in [0.717, 1.165) is 23.2 Å². The fourth-order valence-corrected chi connectivity index (χ4v) is 3.49. The maximum absolute atomic E-state index is 12.6. The van der Waals surface area contributed by atoms with Gasteiger partial charge in [-0.25, -0.2) is 0 Å². The van der Waals surface area contributed by atoms with Crippen LogP contribution in [0.25, 0.3) is 11.4 Å². The summed E-state index contributed by atoms with van der Waals surface area (Å²) in [5.74, 6) is 0.725. The van der Waals surface area contributed by atoms with Crippen molar-refractivity contribution in [1.82, 2.24) is 30.0 Å². The second kappa shape index (κ2) is 7.83. The van der Waals surface area contributed by atoms with Gasteiger partial charge in [0.05, 0.1) is 29.6 Å². The monoisotopic (exact) mass is 412 g/mol. The maximum atomic E-state index is 12.6. The van der Waals surface area contributed by atoms with Gasteiger partial charge in [0, 0.05) is 0 Å². The van der Waals surface area contributed by atoms with Gasteiger partial charge < -0.3 is 4.74 Å². The Kier molecular flexibility index (Phi) is 5.09. The molecule has 2 aromatic heterocycles. The summed E-state index contributed by atoms with van der Waals surface area (Å²) in [6.45, 7) is 0. The Hall–Kier alpha value is -3.17. The molecule has 0 spiro atoms. The Morgan fingerprint density at radius 1 is 1.00 bits per heavy atom. The molecule has 0 fully saturated rings. The third-order valence-corrected chi connectivity index (χ3v) is 5.29. The van der Waals surface area contributed by atoms with E-state index in [9.17, 15) is 4.79 Å². The number of hydrogen-bond donors (Lipinski definition) is 0. The Morgan fingerprint density at radius 2 is 1.71 bits per heavy atom. The van der Waals surface area contributed by atoms with Crippen molar-refractivity contribution in [2.45, 2.75) is 10.1 Å². The van der Waals surface area contributed by atoms with Crippen LogP contribution in [-0.4, -0.2) is 37.1 Å². The Bertz CT molecular complexity index is 1160. The molecule has 0 N–H and O–H groups in total. The van der Waals surface area contributed by atoms with E-state index in [1.54, 1.807) is 36.1 Å². The van der Waals surface area contributed by atoms with Crippen LogP contribution >= 0.6 is 23.4 Å². The van der Waals surface area contributed by atoms with Crippen LogP contribution in [0.1, 0.15) is 0 Å². The van der Waals surface area contributed by atoms with E-state index >= 15 is 0 Å². The summed E-state index contributed by atoms with van der Waals surface area (Å²) in [6.07, 6.45) is 1.52. The highest BCUT2D eigenvalue weighted by atomic mass is 35.5. The van der Waals surface area contributed by atoms with E-state index in [2.05, 4.69) is 20.6 Å². The fourth-order valence-electron chi connectivity index (χ4n) is 2.47. The second-order valence-corrected chi connectivity index (χ2v) is 6.94. The van der Waals surface area contributed by atoms with Crippen LogP contribution in [0.4, 0.5) is 0 Å². The molecule has 4 aromatic rings. The topological polar surface area (TPSA) is 87.7 Å². The van der Waals surface area contributed by atoms with Crippen LogP contribution in [0.3, 0.4) is 0 Å². The highest BCUT2D eigenvalue weighted by Crippen LogP contribution is 2.30. The number of methoxy groups -OCH3 is 1. The molecule has 10 heteroatoms. The summed E-state index contributed by atoms with van der Waals surface area (Å²) in [7, 11) is 1.60. The minimum Gasteiger partial charge on any atom is -0.497 e. The predicted molar refractivity (Wildman–Crippen MR) is 105 cm³/mol. The quantitative estimate of drug-likeness (QED) is 0.497. The van der Waals surface area contributed by atoms with Crippen molar-refractivity contribution in [2.75, 3.05) is 7.11 Å². The highest BCUT2D eigenvalue weighted by molar-refractivity contribution is 7.99. The van der Waals surface area contributed by atoms with Gasteiger partial charge in [0.25, 0.3) is 5.56 Å². The first kappa shape index (κ1) is 18.2. The van der Waals surface area contributed by atoms with Gasteiger partial charge in [0.2, 0.25) is 5.16 Å². The van der Waals surface area contributed by atoms with Crippen molar-refractivity contribution in [3.05, 3.63) is 76.2 Å². The summed E-state index contributed by atoms with van der Waals surface area (Å²) in [6, 6.07) is 16.3. The average Bonchev–Trinajstić information content (AvgIpc) is 3.20. The first-order chi connectivity index (χ1) is 13.7. The van der Waals surface area contributed by atoms with Crippen LogP contribution in [0.15, 0.2) is 75.6 Å². The van der Waals surface area contributed by atoms with Gasteiger partial charge in [-0.05, 0) is 58.6 Å². The zero-order chi connectivity index (χ0) is 19.5. The molecule has 28 heavy (non-hydrogen) atoms. The van der Waals surface area contributed by atoms with Gasteiger partial charge in [-0.2, -0.15) is 14.5 Å². The van der Waals surface area contributed by atoms with Crippen molar-refractivity contribution in [2.24, 2.45) is 0 Å². The molecular weight excluding hydrogens is 400 g/mol. The molecule has 0 bridgehead atoms. The molecule has 0 amide bonds. The van der Waals surface area contributed by atoms with E-state index in [-0.39, 0.29) is 5.02 Å². The molecular formula is C18H13ClN6O2S. The van der Waals surface area contributed by atoms with Crippen LogP contribution in [-0.2, 0) is 0 Å². The molecule has 0 radical (unpaired) electrons. The molecule has 0 saturated carbocycles. The van der Waals surface area contributed by atoms with Gasteiger partial charge >= 0.3 is 0 Å². The van der Waals surface area contributed by atoms with Crippen molar-refractivity contribution >= 4 is 23.4 Å². The first-order valence-corrected chi connectivity index (χ1v) is 9.31. The van der Waals surface area contributed by atoms with Crippen molar-refractivity contribution in [3.63, 3.8) is 0 Å². The number of nitrogens with zero attached hydrogens (tertiary/aromatic N) is 6.